The maximum atomic E-state index is 6.49. The first-order chi connectivity index (χ1) is 20.3. The second-order valence-electron chi connectivity index (χ2n) is 14.1. The molecular formula is C35H38B3NO4. The van der Waals surface area contributed by atoms with Gasteiger partial charge in [-0.15, -0.1) is 0 Å². The standard InChI is InChI=1S/C35H38B3NO4/c1-32(2)33(3,4)41-37(40-32)23-17-19-27(31-20-18-24(22-39-31)38-42-34(5,6)35(7,8)43-38)30(21-23)36-28-15-11-9-13-25(28)26-14-10-12-16-29(26)36/h9-22H,1-8H3. The molecule has 8 heteroatoms. The Hall–Kier alpha value is -3.16. The van der Waals surface area contributed by atoms with Crippen LogP contribution in [-0.4, -0.2) is 48.3 Å². The van der Waals surface area contributed by atoms with Gasteiger partial charge in [0, 0.05) is 11.7 Å². The van der Waals surface area contributed by atoms with Crippen molar-refractivity contribution in [2.24, 2.45) is 0 Å². The highest BCUT2D eigenvalue weighted by molar-refractivity contribution is 7.00. The summed E-state index contributed by atoms with van der Waals surface area (Å²) in [5.74, 6) is 0. The molecule has 3 aliphatic rings. The zero-order valence-electron chi connectivity index (χ0n) is 26.4. The van der Waals surface area contributed by atoms with Crippen LogP contribution in [-0.2, 0) is 18.6 Å². The van der Waals surface area contributed by atoms with Crippen LogP contribution in [0.3, 0.4) is 0 Å². The van der Waals surface area contributed by atoms with Gasteiger partial charge in [0.2, 0.25) is 6.71 Å². The van der Waals surface area contributed by atoms with E-state index < -0.39 is 36.6 Å². The van der Waals surface area contributed by atoms with E-state index in [0.717, 1.165) is 22.2 Å². The van der Waals surface area contributed by atoms with Crippen LogP contribution in [0.15, 0.2) is 85.1 Å². The van der Waals surface area contributed by atoms with E-state index in [1.165, 1.54) is 27.5 Å². The van der Waals surface area contributed by atoms with Gasteiger partial charge in [-0.2, -0.15) is 0 Å². The van der Waals surface area contributed by atoms with Crippen LogP contribution in [0.2, 0.25) is 0 Å². The van der Waals surface area contributed by atoms with Crippen molar-refractivity contribution in [3.8, 4) is 22.4 Å². The molecule has 5 nitrogen and oxygen atoms in total. The summed E-state index contributed by atoms with van der Waals surface area (Å²) in [6, 6.07) is 28.2. The molecule has 3 aromatic carbocycles. The van der Waals surface area contributed by atoms with Crippen LogP contribution >= 0.6 is 0 Å². The molecule has 0 bridgehead atoms. The van der Waals surface area contributed by atoms with E-state index in [1.54, 1.807) is 0 Å². The Morgan fingerprint density at radius 1 is 0.488 bits per heavy atom. The largest absolute Gasteiger partial charge is 0.496 e. The molecule has 3 aliphatic heterocycles. The van der Waals surface area contributed by atoms with E-state index in [-0.39, 0.29) is 6.71 Å². The van der Waals surface area contributed by atoms with Gasteiger partial charge >= 0.3 is 14.2 Å². The summed E-state index contributed by atoms with van der Waals surface area (Å²) in [5, 5.41) is 0. The number of nitrogens with zero attached hydrogens (tertiary/aromatic N) is 1. The molecule has 0 spiro atoms. The van der Waals surface area contributed by atoms with Gasteiger partial charge in [-0.25, -0.2) is 0 Å². The van der Waals surface area contributed by atoms with Crippen molar-refractivity contribution in [2.45, 2.75) is 77.8 Å². The van der Waals surface area contributed by atoms with Gasteiger partial charge in [0.25, 0.3) is 0 Å². The molecule has 2 fully saturated rings. The number of hydrogen-bond donors (Lipinski definition) is 0. The highest BCUT2D eigenvalue weighted by atomic mass is 16.7. The van der Waals surface area contributed by atoms with E-state index in [9.17, 15) is 0 Å². The molecule has 0 saturated carbocycles. The van der Waals surface area contributed by atoms with Crippen LogP contribution < -0.4 is 27.3 Å². The van der Waals surface area contributed by atoms with Crippen molar-refractivity contribution in [2.75, 3.05) is 0 Å². The number of benzene rings is 3. The van der Waals surface area contributed by atoms with Crippen LogP contribution in [0, 0.1) is 0 Å². The fraction of sp³-hybridized carbons (Fsp3) is 0.343. The smallest absolute Gasteiger partial charge is 0.399 e. The van der Waals surface area contributed by atoms with Crippen molar-refractivity contribution in [1.29, 1.82) is 0 Å². The van der Waals surface area contributed by atoms with Gasteiger partial charge in [0.05, 0.1) is 28.1 Å². The Morgan fingerprint density at radius 2 is 0.953 bits per heavy atom. The second-order valence-corrected chi connectivity index (χ2v) is 14.1. The Labute approximate surface area is 256 Å². The van der Waals surface area contributed by atoms with Gasteiger partial charge in [-0.05, 0) is 83.6 Å². The molecule has 0 unspecified atom stereocenters. The SMILES string of the molecule is CC1(C)OB(c2ccc(-c3ccc(B4OC(C)(C)C(C)(C)O4)cc3B3c4ccccc4-c4ccccc43)nc2)OC1(C)C. The number of pyridine rings is 1. The summed E-state index contributed by atoms with van der Waals surface area (Å²) in [4.78, 5) is 4.98. The summed E-state index contributed by atoms with van der Waals surface area (Å²) in [7, 11) is -0.909. The molecule has 4 heterocycles. The first kappa shape index (κ1) is 28.6. The summed E-state index contributed by atoms with van der Waals surface area (Å²) < 4.78 is 25.6. The Morgan fingerprint density at radius 3 is 1.44 bits per heavy atom. The van der Waals surface area contributed by atoms with Crippen molar-refractivity contribution >= 4 is 48.3 Å². The molecule has 0 radical (unpaired) electrons. The molecule has 216 valence electrons. The average molecular weight is 569 g/mol. The van der Waals surface area contributed by atoms with Gasteiger partial charge in [0.15, 0.2) is 0 Å². The van der Waals surface area contributed by atoms with E-state index in [2.05, 4.69) is 134 Å². The predicted molar refractivity (Wildman–Crippen MR) is 178 cm³/mol. The lowest BCUT2D eigenvalue weighted by Gasteiger charge is -2.32. The van der Waals surface area contributed by atoms with E-state index >= 15 is 0 Å². The second kappa shape index (κ2) is 9.67. The van der Waals surface area contributed by atoms with Crippen LogP contribution in [0.5, 0.6) is 0 Å². The molecule has 43 heavy (non-hydrogen) atoms. The van der Waals surface area contributed by atoms with Gasteiger partial charge in [-0.1, -0.05) is 89.2 Å². The third-order valence-electron chi connectivity index (χ3n) is 10.3. The van der Waals surface area contributed by atoms with Gasteiger partial charge < -0.3 is 18.6 Å². The fourth-order valence-electron chi connectivity index (χ4n) is 6.35. The Bertz CT molecular complexity index is 1640. The molecule has 0 N–H and O–H groups in total. The third-order valence-corrected chi connectivity index (χ3v) is 10.3. The van der Waals surface area contributed by atoms with Crippen molar-refractivity contribution in [3.63, 3.8) is 0 Å². The molecule has 7 rings (SSSR count). The topological polar surface area (TPSA) is 49.8 Å². The molecule has 0 atom stereocenters. The minimum absolute atomic E-state index is 0.0503. The lowest BCUT2D eigenvalue weighted by Crippen LogP contribution is -2.51. The minimum Gasteiger partial charge on any atom is -0.399 e. The molecule has 1 aromatic heterocycles. The maximum Gasteiger partial charge on any atom is 0.496 e. The summed E-state index contributed by atoms with van der Waals surface area (Å²) in [6.07, 6.45) is 1.89. The highest BCUT2D eigenvalue weighted by Gasteiger charge is 2.53. The summed E-state index contributed by atoms with van der Waals surface area (Å²) in [6.45, 7) is 16.7. The van der Waals surface area contributed by atoms with E-state index in [1.807, 2.05) is 6.20 Å². The predicted octanol–water partition coefficient (Wildman–Crippen LogP) is 3.84. The van der Waals surface area contributed by atoms with Crippen LogP contribution in [0.1, 0.15) is 55.4 Å². The summed E-state index contributed by atoms with van der Waals surface area (Å²) >= 11 is 0. The van der Waals surface area contributed by atoms with E-state index in [0.29, 0.717) is 0 Å². The highest BCUT2D eigenvalue weighted by Crippen LogP contribution is 2.38. The van der Waals surface area contributed by atoms with Gasteiger partial charge in [0.1, 0.15) is 0 Å². The number of rotatable bonds is 4. The third kappa shape index (κ3) is 4.53. The lowest BCUT2D eigenvalue weighted by molar-refractivity contribution is 0.00578. The zero-order valence-corrected chi connectivity index (χ0v) is 26.4. The fourth-order valence-corrected chi connectivity index (χ4v) is 6.35. The Kier molecular flexibility index (Phi) is 6.43. The quantitative estimate of drug-likeness (QED) is 0.308. The number of fused-ring (bicyclic) bond motifs is 3. The summed E-state index contributed by atoms with van der Waals surface area (Å²) in [5.41, 5.74) is 8.57. The monoisotopic (exact) mass is 569 g/mol. The van der Waals surface area contributed by atoms with Crippen LogP contribution in [0.25, 0.3) is 22.4 Å². The Balaban J connectivity index is 1.34. The first-order valence-corrected chi connectivity index (χ1v) is 15.3. The lowest BCUT2D eigenvalue weighted by atomic mass is 9.37. The number of hydrogen-bond acceptors (Lipinski definition) is 5. The molecule has 2 saturated heterocycles. The zero-order chi connectivity index (χ0) is 30.4. The first-order valence-electron chi connectivity index (χ1n) is 15.3. The van der Waals surface area contributed by atoms with Crippen molar-refractivity contribution in [1.82, 2.24) is 4.98 Å². The van der Waals surface area contributed by atoms with Crippen molar-refractivity contribution < 1.29 is 18.6 Å². The van der Waals surface area contributed by atoms with Crippen LogP contribution in [0.4, 0.5) is 0 Å². The normalized spacial score (nSPS) is 20.8. The molecule has 0 aliphatic carbocycles. The van der Waals surface area contributed by atoms with E-state index in [4.69, 9.17) is 23.6 Å². The minimum atomic E-state index is -0.455. The molecule has 0 amide bonds. The maximum absolute atomic E-state index is 6.49. The molecular weight excluding hydrogens is 531 g/mol. The average Bonchev–Trinajstić information content (AvgIpc) is 3.50. The van der Waals surface area contributed by atoms with Gasteiger partial charge in [-0.3, -0.25) is 4.98 Å². The molecule has 4 aromatic rings. The number of aromatic nitrogens is 1. The van der Waals surface area contributed by atoms with Crippen molar-refractivity contribution in [3.05, 3.63) is 85.1 Å².